The molecule has 0 N–H and O–H groups in total. The van der Waals surface area contributed by atoms with Crippen LogP contribution in [0.1, 0.15) is 36.5 Å². The molecule has 0 aromatic heterocycles. The molecule has 0 saturated carbocycles. The molecule has 0 aliphatic carbocycles. The largest absolute Gasteiger partial charge is 0.383 e. The van der Waals surface area contributed by atoms with Crippen LogP contribution in [0.15, 0.2) is 48.5 Å². The average molecular weight is 427 g/mol. The topological polar surface area (TPSA) is 32.8 Å². The Balaban J connectivity index is 1.81. The van der Waals surface area contributed by atoms with Gasteiger partial charge in [-0.25, -0.2) is 4.39 Å². The molecule has 0 spiro atoms. The van der Waals surface area contributed by atoms with Gasteiger partial charge in [-0.2, -0.15) is 0 Å². The van der Waals surface area contributed by atoms with Crippen LogP contribution in [0.3, 0.4) is 0 Å². The molecule has 3 rings (SSSR count). The summed E-state index contributed by atoms with van der Waals surface area (Å²) in [6, 6.07) is 15.5. The molecule has 1 heterocycles. The summed E-state index contributed by atoms with van der Waals surface area (Å²) >= 11 is 0. The number of benzene rings is 2. The number of aryl methyl sites for hydroxylation is 1. The fourth-order valence-corrected chi connectivity index (χ4v) is 4.60. The van der Waals surface area contributed by atoms with Gasteiger partial charge in [0, 0.05) is 51.7 Å². The third-order valence-electron chi connectivity index (χ3n) is 6.11. The predicted molar refractivity (Wildman–Crippen MR) is 122 cm³/mol. The highest BCUT2D eigenvalue weighted by atomic mass is 19.1. The lowest BCUT2D eigenvalue weighted by atomic mass is 9.88. The molecule has 0 radical (unpaired) electrons. The summed E-state index contributed by atoms with van der Waals surface area (Å²) < 4.78 is 19.3. The van der Waals surface area contributed by atoms with E-state index in [9.17, 15) is 9.18 Å². The number of rotatable bonds is 9. The third kappa shape index (κ3) is 6.37. The van der Waals surface area contributed by atoms with E-state index >= 15 is 0 Å². The van der Waals surface area contributed by atoms with E-state index in [-0.39, 0.29) is 29.5 Å². The van der Waals surface area contributed by atoms with Gasteiger partial charge in [-0.05, 0) is 36.1 Å². The van der Waals surface area contributed by atoms with Crippen LogP contribution in [0, 0.1) is 24.6 Å². The first-order valence-electron chi connectivity index (χ1n) is 11.2. The summed E-state index contributed by atoms with van der Waals surface area (Å²) in [7, 11) is 1.66. The summed E-state index contributed by atoms with van der Waals surface area (Å²) in [6.45, 7) is 10.3. The van der Waals surface area contributed by atoms with Gasteiger partial charge in [-0.3, -0.25) is 9.69 Å². The monoisotopic (exact) mass is 426 g/mol. The number of likely N-dealkylation sites (tertiary alicyclic amines) is 1. The van der Waals surface area contributed by atoms with Crippen molar-refractivity contribution >= 4 is 5.91 Å². The van der Waals surface area contributed by atoms with Crippen molar-refractivity contribution in [3.8, 4) is 0 Å². The zero-order valence-electron chi connectivity index (χ0n) is 19.2. The number of ether oxygens (including phenoxy) is 1. The van der Waals surface area contributed by atoms with E-state index in [0.29, 0.717) is 19.7 Å². The van der Waals surface area contributed by atoms with Crippen LogP contribution in [-0.4, -0.2) is 55.6 Å². The van der Waals surface area contributed by atoms with Gasteiger partial charge in [0.25, 0.3) is 0 Å². The van der Waals surface area contributed by atoms with Crippen molar-refractivity contribution in [3.63, 3.8) is 0 Å². The van der Waals surface area contributed by atoms with Crippen LogP contribution in [0.5, 0.6) is 0 Å². The van der Waals surface area contributed by atoms with E-state index in [1.54, 1.807) is 19.2 Å². The number of methoxy groups -OCH3 is 1. The van der Waals surface area contributed by atoms with Crippen molar-refractivity contribution in [1.29, 1.82) is 0 Å². The minimum absolute atomic E-state index is 0.0609. The van der Waals surface area contributed by atoms with Crippen molar-refractivity contribution in [2.75, 3.05) is 39.9 Å². The number of carbonyl (C=O) groups is 1. The molecule has 1 aliphatic rings. The number of carbonyl (C=O) groups excluding carboxylic acids is 1. The molecular formula is C26H35FN2O2. The summed E-state index contributed by atoms with van der Waals surface area (Å²) in [5.41, 5.74) is 3.55. The second kappa shape index (κ2) is 10.9. The molecule has 2 aromatic carbocycles. The van der Waals surface area contributed by atoms with Gasteiger partial charge in [0.15, 0.2) is 0 Å². The highest BCUT2D eigenvalue weighted by molar-refractivity contribution is 5.78. The van der Waals surface area contributed by atoms with Gasteiger partial charge in [0.2, 0.25) is 5.91 Å². The summed E-state index contributed by atoms with van der Waals surface area (Å²) in [5, 5.41) is 0. The van der Waals surface area contributed by atoms with E-state index in [1.165, 1.54) is 17.2 Å². The molecule has 1 fully saturated rings. The van der Waals surface area contributed by atoms with Gasteiger partial charge in [0.1, 0.15) is 5.82 Å². The Morgan fingerprint density at radius 1 is 1.19 bits per heavy atom. The lowest BCUT2D eigenvalue weighted by molar-refractivity contribution is -0.135. The van der Waals surface area contributed by atoms with E-state index < -0.39 is 0 Å². The smallest absolute Gasteiger partial charge is 0.225 e. The first kappa shape index (κ1) is 23.4. The molecule has 1 saturated heterocycles. The number of halogens is 1. The van der Waals surface area contributed by atoms with Crippen LogP contribution >= 0.6 is 0 Å². The van der Waals surface area contributed by atoms with E-state index in [4.69, 9.17) is 4.74 Å². The first-order chi connectivity index (χ1) is 14.9. The molecule has 2 aromatic rings. The van der Waals surface area contributed by atoms with Crippen molar-refractivity contribution < 1.29 is 13.9 Å². The van der Waals surface area contributed by atoms with Crippen LogP contribution < -0.4 is 0 Å². The van der Waals surface area contributed by atoms with E-state index in [2.05, 4.69) is 36.1 Å². The molecule has 168 valence electrons. The van der Waals surface area contributed by atoms with Crippen LogP contribution in [-0.2, 0) is 16.1 Å². The maximum atomic E-state index is 14.0. The number of hydrogen-bond donors (Lipinski definition) is 0. The SMILES string of the molecule is COCCN(C[C@@H]1CN(Cc2cccc(C)c2)C[C@H]1c1cccc(F)c1)C(=O)C(C)C. The Hall–Kier alpha value is -2.24. The van der Waals surface area contributed by atoms with E-state index in [0.717, 1.165) is 25.2 Å². The second-order valence-corrected chi connectivity index (χ2v) is 9.04. The van der Waals surface area contributed by atoms with Gasteiger partial charge < -0.3 is 9.64 Å². The van der Waals surface area contributed by atoms with Gasteiger partial charge >= 0.3 is 0 Å². The molecule has 0 bridgehead atoms. The van der Waals surface area contributed by atoms with Crippen molar-refractivity contribution in [1.82, 2.24) is 9.80 Å². The molecule has 31 heavy (non-hydrogen) atoms. The van der Waals surface area contributed by atoms with E-state index in [1.807, 2.05) is 24.8 Å². The Bertz CT molecular complexity index is 870. The second-order valence-electron chi connectivity index (χ2n) is 9.04. The lowest BCUT2D eigenvalue weighted by Gasteiger charge is -2.29. The Kier molecular flexibility index (Phi) is 8.22. The molecule has 0 unspecified atom stereocenters. The zero-order chi connectivity index (χ0) is 22.4. The number of nitrogens with zero attached hydrogens (tertiary/aromatic N) is 2. The van der Waals surface area contributed by atoms with Gasteiger partial charge in [0.05, 0.1) is 6.61 Å². The summed E-state index contributed by atoms with van der Waals surface area (Å²) in [6.07, 6.45) is 0. The molecule has 2 atom stereocenters. The van der Waals surface area contributed by atoms with Gasteiger partial charge in [-0.15, -0.1) is 0 Å². The fourth-order valence-electron chi connectivity index (χ4n) is 4.60. The molecule has 1 amide bonds. The highest BCUT2D eigenvalue weighted by Crippen LogP contribution is 2.34. The maximum Gasteiger partial charge on any atom is 0.225 e. The first-order valence-corrected chi connectivity index (χ1v) is 11.2. The highest BCUT2D eigenvalue weighted by Gasteiger charge is 2.36. The van der Waals surface area contributed by atoms with Crippen molar-refractivity contribution in [3.05, 3.63) is 71.0 Å². The Morgan fingerprint density at radius 3 is 2.65 bits per heavy atom. The predicted octanol–water partition coefficient (Wildman–Crippen LogP) is 4.48. The quantitative estimate of drug-likeness (QED) is 0.593. The Morgan fingerprint density at radius 2 is 1.97 bits per heavy atom. The zero-order valence-corrected chi connectivity index (χ0v) is 19.2. The van der Waals surface area contributed by atoms with Gasteiger partial charge in [-0.1, -0.05) is 55.8 Å². The van der Waals surface area contributed by atoms with Crippen molar-refractivity contribution in [2.24, 2.45) is 11.8 Å². The molecular weight excluding hydrogens is 391 g/mol. The van der Waals surface area contributed by atoms with Crippen LogP contribution in [0.25, 0.3) is 0 Å². The number of hydrogen-bond acceptors (Lipinski definition) is 3. The Labute approximate surface area is 186 Å². The molecule has 4 nitrogen and oxygen atoms in total. The van der Waals surface area contributed by atoms with Crippen LogP contribution in [0.4, 0.5) is 4.39 Å². The molecule has 1 aliphatic heterocycles. The third-order valence-corrected chi connectivity index (χ3v) is 6.11. The summed E-state index contributed by atoms with van der Waals surface area (Å²) in [5.74, 6) is 0.306. The average Bonchev–Trinajstić information content (AvgIpc) is 3.12. The van der Waals surface area contributed by atoms with Crippen molar-refractivity contribution in [2.45, 2.75) is 33.2 Å². The lowest BCUT2D eigenvalue weighted by Crippen LogP contribution is -2.41. The minimum atomic E-state index is -0.206. The number of amides is 1. The van der Waals surface area contributed by atoms with Crippen LogP contribution in [0.2, 0.25) is 0 Å². The standard InChI is InChI=1S/C26H35FN2O2/c1-19(2)26(30)29(11-12-31-4)17-23-16-28(15-21-8-5-7-20(3)13-21)18-25(23)22-9-6-10-24(27)14-22/h5-10,13-14,19,23,25H,11-12,15-18H2,1-4H3/t23-,25-/m0/s1. The molecule has 5 heteroatoms. The summed E-state index contributed by atoms with van der Waals surface area (Å²) in [4.78, 5) is 17.2. The normalized spacial score (nSPS) is 19.2. The fraction of sp³-hybridized carbons (Fsp3) is 0.500. The maximum absolute atomic E-state index is 14.0. The minimum Gasteiger partial charge on any atom is -0.383 e.